The van der Waals surface area contributed by atoms with Crippen LogP contribution in [0.1, 0.15) is 34.8 Å². The summed E-state index contributed by atoms with van der Waals surface area (Å²) in [5, 5.41) is 11.3. The Morgan fingerprint density at radius 1 is 1.08 bits per heavy atom. The van der Waals surface area contributed by atoms with Crippen molar-refractivity contribution in [1.29, 1.82) is 0 Å². The number of amides is 1. The van der Waals surface area contributed by atoms with Crippen molar-refractivity contribution in [2.75, 3.05) is 5.32 Å². The third-order valence-electron chi connectivity index (χ3n) is 4.25. The van der Waals surface area contributed by atoms with Crippen molar-refractivity contribution in [2.45, 2.75) is 18.8 Å². The average molecular weight is 372 g/mol. The molecular formula is C19H15Cl2N3O. The summed E-state index contributed by atoms with van der Waals surface area (Å²) in [6.07, 6.45) is 2.21. The minimum Gasteiger partial charge on any atom is -0.319 e. The molecule has 126 valence electrons. The first-order chi connectivity index (χ1) is 12.1. The molecule has 0 spiro atoms. The van der Waals surface area contributed by atoms with Gasteiger partial charge in [0.25, 0.3) is 5.91 Å². The molecule has 0 unspecified atom stereocenters. The molecule has 4 nitrogen and oxygen atoms in total. The van der Waals surface area contributed by atoms with E-state index in [0.717, 1.165) is 35.5 Å². The summed E-state index contributed by atoms with van der Waals surface area (Å²) < 4.78 is 0. The molecule has 0 bridgehead atoms. The molecular weight excluding hydrogens is 357 g/mol. The van der Waals surface area contributed by atoms with E-state index < -0.39 is 0 Å². The molecule has 1 fully saturated rings. The maximum absolute atomic E-state index is 12.7. The van der Waals surface area contributed by atoms with Gasteiger partial charge in [0.15, 0.2) is 0 Å². The molecule has 6 heteroatoms. The van der Waals surface area contributed by atoms with E-state index >= 15 is 0 Å². The van der Waals surface area contributed by atoms with Crippen molar-refractivity contribution < 1.29 is 4.79 Å². The van der Waals surface area contributed by atoms with Gasteiger partial charge in [-0.05, 0) is 31.0 Å². The first-order valence-corrected chi connectivity index (χ1v) is 8.79. The summed E-state index contributed by atoms with van der Waals surface area (Å²) in [4.78, 5) is 12.7. The number of nitrogens with zero attached hydrogens (tertiary/aromatic N) is 1. The number of halogens is 2. The van der Waals surface area contributed by atoms with E-state index in [1.165, 1.54) is 0 Å². The molecule has 0 atom stereocenters. The highest BCUT2D eigenvalue weighted by molar-refractivity contribution is 6.42. The van der Waals surface area contributed by atoms with Gasteiger partial charge < -0.3 is 5.32 Å². The van der Waals surface area contributed by atoms with Crippen molar-refractivity contribution in [3.8, 4) is 11.3 Å². The standard InChI is InChI=1S/C19H15Cl2N3O/c20-14-9-8-13(10-15(14)21)19(25)22-18-16(11-4-2-1-3-5-11)23-24-17(18)12-6-7-12/h1-5,8-10,12H,6-7H2,(H,22,25)(H,23,24). The van der Waals surface area contributed by atoms with Crippen LogP contribution in [0.15, 0.2) is 48.5 Å². The van der Waals surface area contributed by atoms with E-state index in [0.29, 0.717) is 21.5 Å². The molecule has 1 aromatic heterocycles. The van der Waals surface area contributed by atoms with E-state index in [1.807, 2.05) is 30.3 Å². The molecule has 2 N–H and O–H groups in total. The van der Waals surface area contributed by atoms with Gasteiger partial charge in [0.1, 0.15) is 5.69 Å². The number of rotatable bonds is 4. The molecule has 1 saturated carbocycles. The topological polar surface area (TPSA) is 57.8 Å². The SMILES string of the molecule is O=C(Nc1c(-c2ccccc2)n[nH]c1C1CC1)c1ccc(Cl)c(Cl)c1. The zero-order valence-corrected chi connectivity index (χ0v) is 14.7. The van der Waals surface area contributed by atoms with E-state index in [2.05, 4.69) is 15.5 Å². The van der Waals surface area contributed by atoms with Crippen LogP contribution in [-0.4, -0.2) is 16.1 Å². The predicted octanol–water partition coefficient (Wildman–Crippen LogP) is 5.51. The zero-order valence-electron chi connectivity index (χ0n) is 13.2. The van der Waals surface area contributed by atoms with Gasteiger partial charge in [0, 0.05) is 17.0 Å². The first-order valence-electron chi connectivity index (χ1n) is 8.03. The van der Waals surface area contributed by atoms with Gasteiger partial charge in [0.2, 0.25) is 0 Å². The lowest BCUT2D eigenvalue weighted by Gasteiger charge is -2.09. The second-order valence-corrected chi connectivity index (χ2v) is 6.90. The number of anilines is 1. The van der Waals surface area contributed by atoms with Crippen molar-refractivity contribution in [1.82, 2.24) is 10.2 Å². The summed E-state index contributed by atoms with van der Waals surface area (Å²) >= 11 is 12.0. The van der Waals surface area contributed by atoms with Crippen LogP contribution >= 0.6 is 23.2 Å². The quantitative estimate of drug-likeness (QED) is 0.634. The van der Waals surface area contributed by atoms with Crippen LogP contribution in [0.4, 0.5) is 5.69 Å². The normalized spacial score (nSPS) is 13.7. The van der Waals surface area contributed by atoms with Gasteiger partial charge in [-0.2, -0.15) is 5.10 Å². The smallest absolute Gasteiger partial charge is 0.255 e. The number of aromatic amines is 1. The molecule has 4 rings (SSSR count). The second-order valence-electron chi connectivity index (χ2n) is 6.08. The van der Waals surface area contributed by atoms with Crippen molar-refractivity contribution in [2.24, 2.45) is 0 Å². The monoisotopic (exact) mass is 371 g/mol. The van der Waals surface area contributed by atoms with Gasteiger partial charge in [-0.3, -0.25) is 9.89 Å². The number of nitrogens with one attached hydrogen (secondary N) is 2. The van der Waals surface area contributed by atoms with E-state index in [1.54, 1.807) is 18.2 Å². The minimum atomic E-state index is -0.237. The molecule has 0 radical (unpaired) electrons. The molecule has 1 aliphatic rings. The summed E-state index contributed by atoms with van der Waals surface area (Å²) in [6, 6.07) is 14.6. The van der Waals surface area contributed by atoms with Crippen LogP contribution in [0.25, 0.3) is 11.3 Å². The number of benzene rings is 2. The summed E-state index contributed by atoms with van der Waals surface area (Å²) in [6.45, 7) is 0. The summed E-state index contributed by atoms with van der Waals surface area (Å²) in [5.74, 6) is 0.188. The lowest BCUT2D eigenvalue weighted by molar-refractivity contribution is 0.102. The lowest BCUT2D eigenvalue weighted by Crippen LogP contribution is -2.13. The van der Waals surface area contributed by atoms with Crippen LogP contribution < -0.4 is 5.32 Å². The van der Waals surface area contributed by atoms with E-state index in [4.69, 9.17) is 23.2 Å². The molecule has 3 aromatic rings. The van der Waals surface area contributed by atoms with Crippen molar-refractivity contribution in [3.63, 3.8) is 0 Å². The molecule has 2 aromatic carbocycles. The Morgan fingerprint density at radius 3 is 2.52 bits per heavy atom. The summed E-state index contributed by atoms with van der Waals surface area (Å²) in [7, 11) is 0. The number of carbonyl (C=O) groups excluding carboxylic acids is 1. The second kappa shape index (κ2) is 6.54. The van der Waals surface area contributed by atoms with Gasteiger partial charge in [-0.15, -0.1) is 0 Å². The van der Waals surface area contributed by atoms with Gasteiger partial charge in [0.05, 0.1) is 21.4 Å². The number of carbonyl (C=O) groups is 1. The fraction of sp³-hybridized carbons (Fsp3) is 0.158. The van der Waals surface area contributed by atoms with Crippen LogP contribution in [0.3, 0.4) is 0 Å². The van der Waals surface area contributed by atoms with Crippen LogP contribution in [0, 0.1) is 0 Å². The fourth-order valence-electron chi connectivity index (χ4n) is 2.78. The molecule has 0 saturated heterocycles. The Balaban J connectivity index is 1.70. The number of aromatic nitrogens is 2. The Hall–Kier alpha value is -2.30. The maximum atomic E-state index is 12.7. The number of H-pyrrole nitrogens is 1. The molecule has 1 aliphatic carbocycles. The molecule has 1 amide bonds. The zero-order chi connectivity index (χ0) is 17.4. The molecule has 0 aliphatic heterocycles. The first kappa shape index (κ1) is 16.2. The largest absolute Gasteiger partial charge is 0.319 e. The minimum absolute atomic E-state index is 0.237. The number of hydrogen-bond donors (Lipinski definition) is 2. The highest BCUT2D eigenvalue weighted by Gasteiger charge is 2.31. The Labute approximate surface area is 155 Å². The van der Waals surface area contributed by atoms with Crippen molar-refractivity contribution >= 4 is 34.8 Å². The fourth-order valence-corrected chi connectivity index (χ4v) is 3.08. The highest BCUT2D eigenvalue weighted by atomic mass is 35.5. The Kier molecular flexibility index (Phi) is 4.24. The van der Waals surface area contributed by atoms with Crippen LogP contribution in [0.2, 0.25) is 10.0 Å². The lowest BCUT2D eigenvalue weighted by atomic mass is 10.1. The summed E-state index contributed by atoms with van der Waals surface area (Å²) in [5.41, 5.74) is 3.87. The van der Waals surface area contributed by atoms with Crippen LogP contribution in [-0.2, 0) is 0 Å². The average Bonchev–Trinajstić information content (AvgIpc) is 3.39. The third-order valence-corrected chi connectivity index (χ3v) is 4.99. The van der Waals surface area contributed by atoms with E-state index in [-0.39, 0.29) is 5.91 Å². The third kappa shape index (κ3) is 3.28. The van der Waals surface area contributed by atoms with Gasteiger partial charge >= 0.3 is 0 Å². The van der Waals surface area contributed by atoms with Crippen LogP contribution in [0.5, 0.6) is 0 Å². The molecule has 25 heavy (non-hydrogen) atoms. The van der Waals surface area contributed by atoms with Gasteiger partial charge in [-0.1, -0.05) is 53.5 Å². The maximum Gasteiger partial charge on any atom is 0.255 e. The predicted molar refractivity (Wildman–Crippen MR) is 100 cm³/mol. The van der Waals surface area contributed by atoms with E-state index in [9.17, 15) is 4.79 Å². The van der Waals surface area contributed by atoms with Gasteiger partial charge in [-0.25, -0.2) is 0 Å². The Bertz CT molecular complexity index is 933. The Morgan fingerprint density at radius 2 is 1.84 bits per heavy atom. The highest BCUT2D eigenvalue weighted by Crippen LogP contribution is 2.45. The molecule has 1 heterocycles. The van der Waals surface area contributed by atoms with Crippen molar-refractivity contribution in [3.05, 3.63) is 69.8 Å². The number of hydrogen-bond acceptors (Lipinski definition) is 2.